The Labute approximate surface area is 174 Å². The fourth-order valence-corrected chi connectivity index (χ4v) is 3.90. The second kappa shape index (κ2) is 14.9. The van der Waals surface area contributed by atoms with Crippen LogP contribution in [0.3, 0.4) is 0 Å². The molecular weight excluding hydrogens is 378 g/mol. The molecule has 0 aromatic carbocycles. The van der Waals surface area contributed by atoms with Crippen molar-refractivity contribution in [2.45, 2.75) is 91.3 Å². The van der Waals surface area contributed by atoms with Crippen molar-refractivity contribution in [1.82, 2.24) is 0 Å². The molecule has 1 aliphatic rings. The summed E-state index contributed by atoms with van der Waals surface area (Å²) in [5.74, 6) is 0.0794. The van der Waals surface area contributed by atoms with Gasteiger partial charge in [0, 0.05) is 13.5 Å². The van der Waals surface area contributed by atoms with E-state index in [4.69, 9.17) is 14.2 Å². The maximum absolute atomic E-state index is 11.5. The van der Waals surface area contributed by atoms with Crippen molar-refractivity contribution >= 4 is 28.9 Å². The zero-order chi connectivity index (χ0) is 20.8. The normalized spacial score (nSPS) is 21.2. The van der Waals surface area contributed by atoms with Crippen LogP contribution in [0.25, 0.3) is 0 Å². The number of hydrogen-bond acceptors (Lipinski definition) is 6. The van der Waals surface area contributed by atoms with Crippen molar-refractivity contribution in [3.63, 3.8) is 0 Å². The van der Waals surface area contributed by atoms with E-state index in [0.717, 1.165) is 44.1 Å². The van der Waals surface area contributed by atoms with Crippen molar-refractivity contribution in [2.75, 3.05) is 19.0 Å². The van der Waals surface area contributed by atoms with Gasteiger partial charge in [0.25, 0.3) is 5.23 Å². The number of nitrogens with zero attached hydrogens (tertiary/aromatic N) is 1. The molecule has 28 heavy (non-hydrogen) atoms. The molecule has 0 aromatic heterocycles. The fourth-order valence-electron chi connectivity index (χ4n) is 3.17. The highest BCUT2D eigenvalue weighted by Gasteiger charge is 2.25. The molecule has 1 amide bonds. The van der Waals surface area contributed by atoms with E-state index in [1.807, 2.05) is 0 Å². The first kappa shape index (κ1) is 25.0. The van der Waals surface area contributed by atoms with Crippen LogP contribution in [-0.2, 0) is 23.8 Å². The average molecular weight is 416 g/mol. The number of rotatable bonds is 11. The SMILES string of the molecule is CCCCC(CC)COC1CCC(OC(=NC(C)=O)SCC(=O)OCC)CC1. The minimum atomic E-state index is -0.335. The van der Waals surface area contributed by atoms with E-state index in [9.17, 15) is 9.59 Å². The number of ether oxygens (including phenoxy) is 3. The molecule has 1 fully saturated rings. The van der Waals surface area contributed by atoms with Crippen LogP contribution in [0.15, 0.2) is 4.99 Å². The van der Waals surface area contributed by atoms with Gasteiger partial charge in [-0.1, -0.05) is 44.9 Å². The number of thioether (sulfide) groups is 1. The standard InChI is InChI=1S/C21H37NO5S/c1-5-8-9-17(6-2)14-26-18-10-12-19(13-11-18)27-21(22-16(4)23)28-15-20(24)25-7-3/h17-19H,5-15H2,1-4H3. The highest BCUT2D eigenvalue weighted by molar-refractivity contribution is 8.14. The Morgan fingerprint density at radius 1 is 1.11 bits per heavy atom. The Hall–Kier alpha value is -1.08. The molecule has 1 rings (SSSR count). The largest absolute Gasteiger partial charge is 0.469 e. The Morgan fingerprint density at radius 3 is 2.36 bits per heavy atom. The lowest BCUT2D eigenvalue weighted by Crippen LogP contribution is -2.29. The number of esters is 1. The Balaban J connectivity index is 2.39. The summed E-state index contributed by atoms with van der Waals surface area (Å²) < 4.78 is 17.0. The lowest BCUT2D eigenvalue weighted by molar-refractivity contribution is -0.139. The van der Waals surface area contributed by atoms with Crippen LogP contribution in [0, 0.1) is 5.92 Å². The van der Waals surface area contributed by atoms with Crippen molar-refractivity contribution in [1.29, 1.82) is 0 Å². The summed E-state index contributed by atoms with van der Waals surface area (Å²) in [6.07, 6.45) is 8.85. The number of aliphatic imine (C=N–C) groups is 1. The van der Waals surface area contributed by atoms with E-state index in [1.165, 1.54) is 32.6 Å². The summed E-state index contributed by atoms with van der Waals surface area (Å²) in [6, 6.07) is 0. The van der Waals surface area contributed by atoms with Gasteiger partial charge >= 0.3 is 5.97 Å². The number of unbranched alkanes of at least 4 members (excludes halogenated alkanes) is 1. The van der Waals surface area contributed by atoms with E-state index in [2.05, 4.69) is 18.8 Å². The van der Waals surface area contributed by atoms with Gasteiger partial charge < -0.3 is 14.2 Å². The van der Waals surface area contributed by atoms with Gasteiger partial charge in [-0.05, 0) is 44.9 Å². The summed E-state index contributed by atoms with van der Waals surface area (Å²) >= 11 is 1.12. The first-order chi connectivity index (χ1) is 13.5. The molecule has 162 valence electrons. The van der Waals surface area contributed by atoms with Crippen LogP contribution >= 0.6 is 11.8 Å². The molecule has 1 saturated carbocycles. The van der Waals surface area contributed by atoms with Gasteiger partial charge in [-0.25, -0.2) is 0 Å². The highest BCUT2D eigenvalue weighted by Crippen LogP contribution is 2.26. The molecule has 1 atom stereocenters. The van der Waals surface area contributed by atoms with E-state index in [1.54, 1.807) is 6.92 Å². The van der Waals surface area contributed by atoms with E-state index in [0.29, 0.717) is 12.5 Å². The van der Waals surface area contributed by atoms with Crippen LogP contribution < -0.4 is 0 Å². The molecule has 0 N–H and O–H groups in total. The van der Waals surface area contributed by atoms with Gasteiger partial charge in [-0.2, -0.15) is 4.99 Å². The fraction of sp³-hybridized carbons (Fsp3) is 0.857. The lowest BCUT2D eigenvalue weighted by atomic mass is 9.94. The third-order valence-corrected chi connectivity index (χ3v) is 5.68. The number of carbonyl (C=O) groups is 2. The first-order valence-corrected chi connectivity index (χ1v) is 11.6. The van der Waals surface area contributed by atoms with E-state index >= 15 is 0 Å². The van der Waals surface area contributed by atoms with Crippen molar-refractivity contribution in [2.24, 2.45) is 10.9 Å². The zero-order valence-corrected chi connectivity index (χ0v) is 18.7. The van der Waals surface area contributed by atoms with Crippen LogP contribution in [0.4, 0.5) is 0 Å². The average Bonchev–Trinajstić information content (AvgIpc) is 2.67. The second-order valence-corrected chi connectivity index (χ2v) is 8.18. The quantitative estimate of drug-likeness (QED) is 0.275. The summed E-state index contributed by atoms with van der Waals surface area (Å²) in [5.41, 5.74) is 0. The summed E-state index contributed by atoms with van der Waals surface area (Å²) in [6.45, 7) is 8.78. The molecule has 1 aliphatic carbocycles. The Kier molecular flexibility index (Phi) is 13.2. The van der Waals surface area contributed by atoms with Crippen LogP contribution in [0.2, 0.25) is 0 Å². The van der Waals surface area contributed by atoms with Gasteiger partial charge in [-0.15, -0.1) is 0 Å². The number of hydrogen-bond donors (Lipinski definition) is 0. The lowest BCUT2D eigenvalue weighted by Gasteiger charge is -2.30. The predicted molar refractivity (Wildman–Crippen MR) is 114 cm³/mol. The second-order valence-electron chi connectivity index (χ2n) is 7.26. The molecule has 0 saturated heterocycles. The van der Waals surface area contributed by atoms with Gasteiger partial charge in [-0.3, -0.25) is 9.59 Å². The number of amides is 1. The van der Waals surface area contributed by atoms with Crippen LogP contribution in [0.1, 0.15) is 79.1 Å². The molecule has 0 aliphatic heterocycles. The van der Waals surface area contributed by atoms with Gasteiger partial charge in [0.05, 0.1) is 12.7 Å². The first-order valence-electron chi connectivity index (χ1n) is 10.6. The van der Waals surface area contributed by atoms with E-state index in [-0.39, 0.29) is 35.1 Å². The van der Waals surface area contributed by atoms with Crippen molar-refractivity contribution < 1.29 is 23.8 Å². The minimum absolute atomic E-state index is 0.00899. The third kappa shape index (κ3) is 11.1. The molecule has 7 heteroatoms. The molecule has 6 nitrogen and oxygen atoms in total. The van der Waals surface area contributed by atoms with Gasteiger partial charge in [0.1, 0.15) is 11.9 Å². The third-order valence-electron chi connectivity index (χ3n) is 4.87. The topological polar surface area (TPSA) is 74.2 Å². The molecule has 0 spiro atoms. The summed E-state index contributed by atoms with van der Waals surface area (Å²) in [4.78, 5) is 26.8. The molecule has 1 unspecified atom stereocenters. The predicted octanol–water partition coefficient (Wildman–Crippen LogP) is 4.75. The van der Waals surface area contributed by atoms with Crippen molar-refractivity contribution in [3.05, 3.63) is 0 Å². The van der Waals surface area contributed by atoms with Gasteiger partial charge in [0.2, 0.25) is 5.91 Å². The molecule has 0 bridgehead atoms. The molecule has 0 heterocycles. The van der Waals surface area contributed by atoms with E-state index < -0.39 is 0 Å². The monoisotopic (exact) mass is 415 g/mol. The van der Waals surface area contributed by atoms with Crippen molar-refractivity contribution in [3.8, 4) is 0 Å². The molecular formula is C21H37NO5S. The minimum Gasteiger partial charge on any atom is -0.469 e. The Morgan fingerprint density at radius 2 is 1.79 bits per heavy atom. The highest BCUT2D eigenvalue weighted by atomic mass is 32.2. The zero-order valence-electron chi connectivity index (χ0n) is 17.9. The number of carbonyl (C=O) groups excluding carboxylic acids is 2. The maximum Gasteiger partial charge on any atom is 0.316 e. The Bertz CT molecular complexity index is 489. The smallest absolute Gasteiger partial charge is 0.316 e. The maximum atomic E-state index is 11.5. The molecule has 0 aromatic rings. The molecule has 0 radical (unpaired) electrons. The van der Waals surface area contributed by atoms with Crippen LogP contribution in [0.5, 0.6) is 0 Å². The summed E-state index contributed by atoms with van der Waals surface area (Å²) in [7, 11) is 0. The summed E-state index contributed by atoms with van der Waals surface area (Å²) in [5, 5.41) is 0.260. The van der Waals surface area contributed by atoms with Crippen LogP contribution in [-0.4, -0.2) is 48.3 Å². The van der Waals surface area contributed by atoms with Gasteiger partial charge in [0.15, 0.2) is 0 Å².